The Hall–Kier alpha value is -3.68. The molecule has 0 bridgehead atoms. The van der Waals surface area contributed by atoms with Crippen molar-refractivity contribution in [1.29, 1.82) is 0 Å². The zero-order valence-corrected chi connectivity index (χ0v) is 18.7. The largest absolute Gasteiger partial charge is 0.368 e. The number of amides is 2. The van der Waals surface area contributed by atoms with Crippen LogP contribution < -0.4 is 10.2 Å². The summed E-state index contributed by atoms with van der Waals surface area (Å²) < 4.78 is 5.44. The smallest absolute Gasteiger partial charge is 0.253 e. The van der Waals surface area contributed by atoms with Crippen LogP contribution in [0, 0.1) is 0 Å². The minimum Gasteiger partial charge on any atom is -0.368 e. The van der Waals surface area contributed by atoms with E-state index in [0.29, 0.717) is 36.1 Å². The predicted molar refractivity (Wildman–Crippen MR) is 125 cm³/mol. The van der Waals surface area contributed by atoms with Crippen LogP contribution in [-0.4, -0.2) is 53.0 Å². The van der Waals surface area contributed by atoms with Gasteiger partial charge >= 0.3 is 0 Å². The summed E-state index contributed by atoms with van der Waals surface area (Å²) in [7, 11) is 0. The zero-order chi connectivity index (χ0) is 22.8. The second kappa shape index (κ2) is 9.05. The highest BCUT2D eigenvalue weighted by Gasteiger charge is 2.26. The highest BCUT2D eigenvalue weighted by Crippen LogP contribution is 2.36. The number of nitrogens with zero attached hydrogens (tertiary/aromatic N) is 4. The quantitative estimate of drug-likeness (QED) is 0.640. The van der Waals surface area contributed by atoms with Crippen molar-refractivity contribution < 1.29 is 14.1 Å². The third-order valence-corrected chi connectivity index (χ3v) is 6.41. The van der Waals surface area contributed by atoms with E-state index in [0.717, 1.165) is 43.1 Å². The molecule has 1 aliphatic carbocycles. The number of benzene rings is 2. The van der Waals surface area contributed by atoms with Gasteiger partial charge in [0, 0.05) is 61.5 Å². The Bertz CT molecular complexity index is 1130. The van der Waals surface area contributed by atoms with Gasteiger partial charge in [0.05, 0.1) is 0 Å². The summed E-state index contributed by atoms with van der Waals surface area (Å²) >= 11 is 0. The highest BCUT2D eigenvalue weighted by atomic mass is 16.5. The fourth-order valence-electron chi connectivity index (χ4n) is 4.24. The number of piperazine rings is 1. The summed E-state index contributed by atoms with van der Waals surface area (Å²) in [5.41, 5.74) is 3.38. The molecule has 2 aliphatic rings. The standard InChI is InChI=1S/C25H27N5O3/c1-17(31)26-21-9-5-20(6-10-21)25(32)30-15-13-29(14-16-30)22-11-7-18(8-12-22)23-27-24(33-28-23)19-3-2-4-19/h5-12,19H,2-4,13-16H2,1H3,(H,26,31). The van der Waals surface area contributed by atoms with Crippen LogP contribution in [0.25, 0.3) is 11.4 Å². The highest BCUT2D eigenvalue weighted by molar-refractivity contribution is 5.95. The molecule has 0 radical (unpaired) electrons. The first-order valence-electron chi connectivity index (χ1n) is 11.4. The molecule has 2 amide bonds. The SMILES string of the molecule is CC(=O)Nc1ccc(C(=O)N2CCN(c3ccc(-c4noc(C5CCC5)n4)cc3)CC2)cc1. The minimum absolute atomic E-state index is 0.0127. The number of hydrogen-bond donors (Lipinski definition) is 1. The average Bonchev–Trinajstić information content (AvgIpc) is 3.27. The van der Waals surface area contributed by atoms with Crippen molar-refractivity contribution in [2.24, 2.45) is 0 Å². The van der Waals surface area contributed by atoms with E-state index < -0.39 is 0 Å². The zero-order valence-electron chi connectivity index (χ0n) is 18.7. The van der Waals surface area contributed by atoms with Crippen LogP contribution in [0.15, 0.2) is 53.1 Å². The molecular formula is C25H27N5O3. The van der Waals surface area contributed by atoms with Gasteiger partial charge in [0.15, 0.2) is 0 Å². The van der Waals surface area contributed by atoms with Crippen molar-refractivity contribution in [2.75, 3.05) is 36.4 Å². The van der Waals surface area contributed by atoms with Gasteiger partial charge in [0.2, 0.25) is 17.6 Å². The van der Waals surface area contributed by atoms with Crippen molar-refractivity contribution in [2.45, 2.75) is 32.1 Å². The van der Waals surface area contributed by atoms with Crippen LogP contribution in [0.2, 0.25) is 0 Å². The Labute approximate surface area is 192 Å². The Balaban J connectivity index is 1.17. The first-order valence-corrected chi connectivity index (χ1v) is 11.4. The Morgan fingerprint density at radius 2 is 1.67 bits per heavy atom. The molecule has 1 aliphatic heterocycles. The first-order chi connectivity index (χ1) is 16.1. The molecule has 1 saturated heterocycles. The van der Waals surface area contributed by atoms with Gasteiger partial charge in [-0.25, -0.2) is 0 Å². The topological polar surface area (TPSA) is 91.6 Å². The average molecular weight is 446 g/mol. The number of hydrogen-bond acceptors (Lipinski definition) is 6. The summed E-state index contributed by atoms with van der Waals surface area (Å²) in [5, 5.41) is 6.86. The molecule has 2 fully saturated rings. The van der Waals surface area contributed by atoms with Gasteiger partial charge in [0.1, 0.15) is 0 Å². The molecule has 0 spiro atoms. The molecule has 1 N–H and O–H groups in total. The van der Waals surface area contributed by atoms with E-state index in [1.165, 1.54) is 13.3 Å². The second-order valence-electron chi connectivity index (χ2n) is 8.67. The number of rotatable bonds is 5. The molecule has 5 rings (SSSR count). The molecule has 170 valence electrons. The molecule has 0 atom stereocenters. The Morgan fingerprint density at radius 1 is 0.970 bits per heavy atom. The number of carbonyl (C=O) groups is 2. The maximum atomic E-state index is 12.9. The van der Waals surface area contributed by atoms with Crippen molar-refractivity contribution in [3.05, 3.63) is 60.0 Å². The van der Waals surface area contributed by atoms with Crippen LogP contribution >= 0.6 is 0 Å². The lowest BCUT2D eigenvalue weighted by Crippen LogP contribution is -2.48. The van der Waals surface area contributed by atoms with Gasteiger partial charge in [-0.05, 0) is 61.4 Å². The van der Waals surface area contributed by atoms with Gasteiger partial charge in [-0.1, -0.05) is 11.6 Å². The summed E-state index contributed by atoms with van der Waals surface area (Å²) in [5.74, 6) is 1.71. The van der Waals surface area contributed by atoms with Crippen molar-refractivity contribution >= 4 is 23.2 Å². The van der Waals surface area contributed by atoms with E-state index in [4.69, 9.17) is 4.52 Å². The molecule has 2 aromatic carbocycles. The second-order valence-corrected chi connectivity index (χ2v) is 8.67. The number of anilines is 2. The summed E-state index contributed by atoms with van der Waals surface area (Å²) in [6, 6.07) is 15.2. The summed E-state index contributed by atoms with van der Waals surface area (Å²) in [4.78, 5) is 32.7. The molecule has 2 heterocycles. The van der Waals surface area contributed by atoms with Gasteiger partial charge in [0.25, 0.3) is 5.91 Å². The van der Waals surface area contributed by atoms with Crippen LogP contribution in [0.1, 0.15) is 48.4 Å². The van der Waals surface area contributed by atoms with Crippen LogP contribution in [0.3, 0.4) is 0 Å². The number of carbonyl (C=O) groups excluding carboxylic acids is 2. The van der Waals surface area contributed by atoms with Crippen LogP contribution in [-0.2, 0) is 4.79 Å². The third-order valence-electron chi connectivity index (χ3n) is 6.41. The van der Waals surface area contributed by atoms with Gasteiger partial charge < -0.3 is 19.6 Å². The van der Waals surface area contributed by atoms with E-state index in [1.54, 1.807) is 24.3 Å². The fourth-order valence-corrected chi connectivity index (χ4v) is 4.24. The van der Waals surface area contributed by atoms with Gasteiger partial charge in [-0.15, -0.1) is 0 Å². The molecule has 8 heteroatoms. The molecule has 8 nitrogen and oxygen atoms in total. The van der Waals surface area contributed by atoms with Crippen LogP contribution in [0.5, 0.6) is 0 Å². The summed E-state index contributed by atoms with van der Waals surface area (Å²) in [6.45, 7) is 4.31. The lowest BCUT2D eigenvalue weighted by Gasteiger charge is -2.36. The molecule has 3 aromatic rings. The van der Waals surface area contributed by atoms with E-state index in [1.807, 2.05) is 17.0 Å². The lowest BCUT2D eigenvalue weighted by atomic mass is 9.85. The van der Waals surface area contributed by atoms with E-state index in [9.17, 15) is 9.59 Å². The monoisotopic (exact) mass is 445 g/mol. The molecule has 1 aromatic heterocycles. The molecule has 33 heavy (non-hydrogen) atoms. The maximum absolute atomic E-state index is 12.9. The maximum Gasteiger partial charge on any atom is 0.253 e. The van der Waals surface area contributed by atoms with E-state index in [2.05, 4.69) is 32.5 Å². The fraction of sp³-hybridized carbons (Fsp3) is 0.360. The normalized spacial score (nSPS) is 16.4. The molecule has 1 saturated carbocycles. The minimum atomic E-state index is -0.131. The summed E-state index contributed by atoms with van der Waals surface area (Å²) in [6.07, 6.45) is 3.51. The first kappa shape index (κ1) is 21.2. The number of aromatic nitrogens is 2. The predicted octanol–water partition coefficient (Wildman–Crippen LogP) is 3.92. The van der Waals surface area contributed by atoms with Crippen molar-refractivity contribution in [3.8, 4) is 11.4 Å². The Morgan fingerprint density at radius 3 is 2.27 bits per heavy atom. The van der Waals surface area contributed by atoms with Crippen LogP contribution in [0.4, 0.5) is 11.4 Å². The lowest BCUT2D eigenvalue weighted by molar-refractivity contribution is -0.114. The molecule has 0 unspecified atom stereocenters. The van der Waals surface area contributed by atoms with E-state index >= 15 is 0 Å². The van der Waals surface area contributed by atoms with Gasteiger partial charge in [-0.2, -0.15) is 4.98 Å². The van der Waals surface area contributed by atoms with Gasteiger partial charge in [-0.3, -0.25) is 9.59 Å². The van der Waals surface area contributed by atoms with Crippen molar-refractivity contribution in [1.82, 2.24) is 15.0 Å². The van der Waals surface area contributed by atoms with E-state index in [-0.39, 0.29) is 11.8 Å². The third kappa shape index (κ3) is 4.60. The Kier molecular flexibility index (Phi) is 5.81. The van der Waals surface area contributed by atoms with Crippen molar-refractivity contribution in [3.63, 3.8) is 0 Å². The number of nitrogens with one attached hydrogen (secondary N) is 1. The molecular weight excluding hydrogens is 418 g/mol.